The van der Waals surface area contributed by atoms with Crippen molar-refractivity contribution in [3.8, 4) is 0 Å². The number of rotatable bonds is 0. The summed E-state index contributed by atoms with van der Waals surface area (Å²) in [4.78, 5) is 18.1. The summed E-state index contributed by atoms with van der Waals surface area (Å²) in [7, 11) is 0. The Kier molecular flexibility index (Phi) is 1.65. The van der Waals surface area contributed by atoms with Gasteiger partial charge in [0, 0.05) is 11.8 Å². The Balaban J connectivity index is 2.95. The van der Waals surface area contributed by atoms with Gasteiger partial charge in [-0.25, -0.2) is 0 Å². The summed E-state index contributed by atoms with van der Waals surface area (Å²) >= 11 is 0. The van der Waals surface area contributed by atoms with Gasteiger partial charge in [-0.05, 0) is 31.5 Å². The zero-order valence-corrected chi connectivity index (χ0v) is 7.59. The van der Waals surface area contributed by atoms with E-state index in [0.29, 0.717) is 0 Å². The third kappa shape index (κ3) is 1.33. The number of aromatic nitrogens is 2. The van der Waals surface area contributed by atoms with E-state index in [-0.39, 0.29) is 5.56 Å². The highest BCUT2D eigenvalue weighted by Crippen LogP contribution is 2.12. The van der Waals surface area contributed by atoms with E-state index in [2.05, 4.69) is 9.97 Å². The number of aryl methyl sites for hydroxylation is 2. The summed E-state index contributed by atoms with van der Waals surface area (Å²) in [5.41, 5.74) is 3.62. The maximum Gasteiger partial charge on any atom is 0.248 e. The van der Waals surface area contributed by atoms with Crippen molar-refractivity contribution in [1.29, 1.82) is 0 Å². The average Bonchev–Trinajstić information content (AvgIpc) is 2.06. The molecule has 0 unspecified atom stereocenters. The van der Waals surface area contributed by atoms with Crippen molar-refractivity contribution in [2.75, 3.05) is 0 Å². The third-order valence-electron chi connectivity index (χ3n) is 2.01. The molecule has 0 aliphatic heterocycles. The third-order valence-corrected chi connectivity index (χ3v) is 2.01. The zero-order valence-electron chi connectivity index (χ0n) is 7.59. The molecule has 0 amide bonds. The maximum atomic E-state index is 11.0. The molecule has 0 aliphatic rings. The second kappa shape index (κ2) is 2.69. The first-order chi connectivity index (χ1) is 6.16. The Morgan fingerprint density at radius 3 is 2.85 bits per heavy atom. The molecule has 0 fully saturated rings. The molecular formula is C10H10N2O. The van der Waals surface area contributed by atoms with Gasteiger partial charge in [-0.2, -0.15) is 0 Å². The molecule has 13 heavy (non-hydrogen) atoms. The van der Waals surface area contributed by atoms with E-state index in [4.69, 9.17) is 0 Å². The van der Waals surface area contributed by atoms with E-state index in [1.807, 2.05) is 19.9 Å². The number of H-pyrrole nitrogens is 1. The lowest BCUT2D eigenvalue weighted by molar-refractivity contribution is 1.19. The number of nitrogens with zero attached hydrogens (tertiary/aromatic N) is 1. The van der Waals surface area contributed by atoms with Gasteiger partial charge in [-0.3, -0.25) is 9.78 Å². The van der Waals surface area contributed by atoms with Crippen molar-refractivity contribution in [2.45, 2.75) is 13.8 Å². The van der Waals surface area contributed by atoms with Crippen molar-refractivity contribution in [3.05, 3.63) is 39.8 Å². The Morgan fingerprint density at radius 1 is 1.31 bits per heavy atom. The molecule has 2 aromatic heterocycles. The molecule has 0 saturated heterocycles. The highest BCUT2D eigenvalue weighted by atomic mass is 16.1. The quantitative estimate of drug-likeness (QED) is 0.658. The van der Waals surface area contributed by atoms with E-state index in [0.717, 1.165) is 22.3 Å². The second-order valence-corrected chi connectivity index (χ2v) is 3.16. The summed E-state index contributed by atoms with van der Waals surface area (Å²) in [6.45, 7) is 3.91. The smallest absolute Gasteiger partial charge is 0.248 e. The van der Waals surface area contributed by atoms with Gasteiger partial charge in [0.2, 0.25) is 5.56 Å². The maximum absolute atomic E-state index is 11.0. The van der Waals surface area contributed by atoms with Crippen molar-refractivity contribution < 1.29 is 0 Å². The minimum Gasteiger partial charge on any atom is -0.320 e. The van der Waals surface area contributed by atoms with Crippen LogP contribution < -0.4 is 5.56 Å². The molecule has 3 heteroatoms. The summed E-state index contributed by atoms with van der Waals surface area (Å²) in [5.74, 6) is 0. The molecule has 66 valence electrons. The first kappa shape index (κ1) is 7.98. The van der Waals surface area contributed by atoms with Gasteiger partial charge in [0.1, 0.15) is 0 Å². The van der Waals surface area contributed by atoms with E-state index in [1.54, 1.807) is 6.07 Å². The topological polar surface area (TPSA) is 45.8 Å². The van der Waals surface area contributed by atoms with Crippen LogP contribution in [0.1, 0.15) is 11.3 Å². The molecule has 0 spiro atoms. The molecule has 2 heterocycles. The fourth-order valence-corrected chi connectivity index (χ4v) is 1.47. The number of aromatic amines is 1. The monoisotopic (exact) mass is 174 g/mol. The Bertz CT molecular complexity index is 514. The van der Waals surface area contributed by atoms with Crippen LogP contribution in [0.15, 0.2) is 23.0 Å². The van der Waals surface area contributed by atoms with Crippen LogP contribution in [0.3, 0.4) is 0 Å². The van der Waals surface area contributed by atoms with Crippen LogP contribution in [0.2, 0.25) is 0 Å². The van der Waals surface area contributed by atoms with Gasteiger partial charge in [0.25, 0.3) is 0 Å². The van der Waals surface area contributed by atoms with Gasteiger partial charge >= 0.3 is 0 Å². The number of nitrogens with one attached hydrogen (secondary N) is 1. The molecular weight excluding hydrogens is 164 g/mol. The Morgan fingerprint density at radius 2 is 2.08 bits per heavy atom. The molecule has 0 aromatic carbocycles. The molecule has 3 nitrogen and oxygen atoms in total. The first-order valence-electron chi connectivity index (χ1n) is 4.14. The van der Waals surface area contributed by atoms with Crippen LogP contribution in [-0.4, -0.2) is 9.97 Å². The van der Waals surface area contributed by atoms with Gasteiger partial charge in [0.15, 0.2) is 0 Å². The minimum absolute atomic E-state index is 0.0822. The number of pyridine rings is 2. The lowest BCUT2D eigenvalue weighted by Crippen LogP contribution is -2.04. The van der Waals surface area contributed by atoms with Crippen LogP contribution in [0, 0.1) is 13.8 Å². The Hall–Kier alpha value is -1.64. The van der Waals surface area contributed by atoms with Crippen molar-refractivity contribution >= 4 is 11.0 Å². The summed E-state index contributed by atoms with van der Waals surface area (Å²) in [6.07, 6.45) is 0. The normalized spacial score (nSPS) is 10.6. The molecule has 0 aliphatic carbocycles. The molecule has 2 aromatic rings. The SMILES string of the molecule is Cc1cc(C)c2[nH]c(=O)ccc2n1. The molecule has 0 saturated carbocycles. The van der Waals surface area contributed by atoms with E-state index in [9.17, 15) is 4.79 Å². The van der Waals surface area contributed by atoms with Crippen LogP contribution in [0.25, 0.3) is 11.0 Å². The predicted octanol–water partition coefficient (Wildman–Crippen LogP) is 1.54. The molecule has 0 bridgehead atoms. The van der Waals surface area contributed by atoms with E-state index < -0.39 is 0 Å². The van der Waals surface area contributed by atoms with E-state index in [1.165, 1.54) is 6.07 Å². The number of hydrogen-bond donors (Lipinski definition) is 1. The Labute approximate surface area is 75.4 Å². The summed E-state index contributed by atoms with van der Waals surface area (Å²) < 4.78 is 0. The lowest BCUT2D eigenvalue weighted by Gasteiger charge is -2.01. The molecule has 1 N–H and O–H groups in total. The summed E-state index contributed by atoms with van der Waals surface area (Å²) in [6, 6.07) is 5.20. The highest BCUT2D eigenvalue weighted by Gasteiger charge is 1.99. The first-order valence-corrected chi connectivity index (χ1v) is 4.14. The van der Waals surface area contributed by atoms with Gasteiger partial charge in [-0.1, -0.05) is 0 Å². The standard InChI is InChI=1S/C10H10N2O/c1-6-5-7(2)11-8-3-4-9(13)12-10(6)8/h3-5H,1-2H3,(H,12,13). The van der Waals surface area contributed by atoms with E-state index >= 15 is 0 Å². The zero-order chi connectivity index (χ0) is 9.42. The number of hydrogen-bond acceptors (Lipinski definition) is 2. The molecule has 0 atom stereocenters. The average molecular weight is 174 g/mol. The predicted molar refractivity (Wildman–Crippen MR) is 51.8 cm³/mol. The molecule has 2 rings (SSSR count). The fourth-order valence-electron chi connectivity index (χ4n) is 1.47. The van der Waals surface area contributed by atoms with Crippen molar-refractivity contribution in [3.63, 3.8) is 0 Å². The van der Waals surface area contributed by atoms with Gasteiger partial charge < -0.3 is 4.98 Å². The van der Waals surface area contributed by atoms with Crippen LogP contribution in [0.5, 0.6) is 0 Å². The minimum atomic E-state index is -0.0822. The molecule has 0 radical (unpaired) electrons. The van der Waals surface area contributed by atoms with Crippen molar-refractivity contribution in [1.82, 2.24) is 9.97 Å². The van der Waals surface area contributed by atoms with Crippen LogP contribution >= 0.6 is 0 Å². The highest BCUT2D eigenvalue weighted by molar-refractivity contribution is 5.77. The fraction of sp³-hybridized carbons (Fsp3) is 0.200. The number of fused-ring (bicyclic) bond motifs is 1. The van der Waals surface area contributed by atoms with Gasteiger partial charge in [-0.15, -0.1) is 0 Å². The van der Waals surface area contributed by atoms with Crippen LogP contribution in [0.4, 0.5) is 0 Å². The second-order valence-electron chi connectivity index (χ2n) is 3.16. The summed E-state index contributed by atoms with van der Waals surface area (Å²) in [5, 5.41) is 0. The van der Waals surface area contributed by atoms with Crippen molar-refractivity contribution in [2.24, 2.45) is 0 Å². The lowest BCUT2D eigenvalue weighted by atomic mass is 10.2. The van der Waals surface area contributed by atoms with Gasteiger partial charge in [0.05, 0.1) is 11.0 Å². The van der Waals surface area contributed by atoms with Crippen LogP contribution in [-0.2, 0) is 0 Å². The largest absolute Gasteiger partial charge is 0.320 e.